The summed E-state index contributed by atoms with van der Waals surface area (Å²) < 4.78 is 10.6. The van der Waals surface area contributed by atoms with E-state index in [4.69, 9.17) is 14.6 Å². The predicted octanol–water partition coefficient (Wildman–Crippen LogP) is 0.273. The summed E-state index contributed by atoms with van der Waals surface area (Å²) in [6.07, 6.45) is 1.08. The maximum Gasteiger partial charge on any atom is 0.332 e. The van der Waals surface area contributed by atoms with Crippen LogP contribution in [-0.4, -0.2) is 85.6 Å². The first-order chi connectivity index (χ1) is 9.70. The molecule has 0 aromatic rings. The average Bonchev–Trinajstić information content (AvgIpc) is 2.93. The smallest absolute Gasteiger partial charge is 0.332 e. The van der Waals surface area contributed by atoms with E-state index in [-0.39, 0.29) is 0 Å². The van der Waals surface area contributed by atoms with Crippen LogP contribution in [0.25, 0.3) is 0 Å². The van der Waals surface area contributed by atoms with E-state index in [0.717, 1.165) is 45.9 Å². The highest BCUT2D eigenvalue weighted by molar-refractivity contribution is 5.72. The Morgan fingerprint density at radius 2 is 2.15 bits per heavy atom. The summed E-state index contributed by atoms with van der Waals surface area (Å²) in [7, 11) is 0. The number of carbonyl (C=O) groups is 1. The minimum atomic E-state index is -0.851. The summed E-state index contributed by atoms with van der Waals surface area (Å²) in [5, 5.41) is 9.07. The zero-order chi connectivity index (χ0) is 14.4. The first-order valence-corrected chi connectivity index (χ1v) is 7.59. The van der Waals surface area contributed by atoms with Gasteiger partial charge >= 0.3 is 5.97 Å². The molecule has 2 unspecified atom stereocenters. The third-order valence-corrected chi connectivity index (χ3v) is 4.16. The zero-order valence-corrected chi connectivity index (χ0v) is 12.3. The maximum atomic E-state index is 11.0. The summed E-state index contributed by atoms with van der Waals surface area (Å²) in [6, 6.07) is 0.606. The molecule has 2 aliphatic rings. The molecule has 2 rings (SSSR count). The fourth-order valence-electron chi connectivity index (χ4n) is 3.04. The summed E-state index contributed by atoms with van der Waals surface area (Å²) in [6.45, 7) is 8.90. The molecule has 6 nitrogen and oxygen atoms in total. The van der Waals surface area contributed by atoms with Gasteiger partial charge in [-0.15, -0.1) is 0 Å². The second-order valence-corrected chi connectivity index (χ2v) is 5.46. The molecule has 0 saturated carbocycles. The van der Waals surface area contributed by atoms with Crippen LogP contribution in [0.15, 0.2) is 0 Å². The Kier molecular flexibility index (Phi) is 6.22. The van der Waals surface area contributed by atoms with Crippen LogP contribution in [0.4, 0.5) is 0 Å². The summed E-state index contributed by atoms with van der Waals surface area (Å²) >= 11 is 0. The standard InChI is InChI=1S/C14H26N2O4/c1-2-20-13(14(17)18)4-6-15-5-3-12(11-15)16-7-9-19-10-8-16/h12-13H,2-11H2,1H3,(H,17,18). The van der Waals surface area contributed by atoms with Crippen molar-refractivity contribution in [3.05, 3.63) is 0 Å². The second kappa shape index (κ2) is 7.93. The van der Waals surface area contributed by atoms with Crippen molar-refractivity contribution < 1.29 is 19.4 Å². The van der Waals surface area contributed by atoms with Gasteiger partial charge in [0.1, 0.15) is 0 Å². The number of rotatable bonds is 7. The van der Waals surface area contributed by atoms with Gasteiger partial charge in [0.2, 0.25) is 0 Å². The molecule has 2 heterocycles. The number of carboxylic acids is 1. The third kappa shape index (κ3) is 4.41. The van der Waals surface area contributed by atoms with Gasteiger partial charge in [0, 0.05) is 38.8 Å². The van der Waals surface area contributed by atoms with Crippen LogP contribution < -0.4 is 0 Å². The van der Waals surface area contributed by atoms with E-state index < -0.39 is 12.1 Å². The molecule has 6 heteroatoms. The lowest BCUT2D eigenvalue weighted by atomic mass is 10.2. The highest BCUT2D eigenvalue weighted by Crippen LogP contribution is 2.17. The first kappa shape index (κ1) is 15.7. The van der Waals surface area contributed by atoms with Gasteiger partial charge in [-0.25, -0.2) is 4.79 Å². The van der Waals surface area contributed by atoms with Crippen molar-refractivity contribution in [1.29, 1.82) is 0 Å². The molecule has 2 aliphatic heterocycles. The number of ether oxygens (including phenoxy) is 2. The number of likely N-dealkylation sites (tertiary alicyclic amines) is 1. The van der Waals surface area contributed by atoms with Gasteiger partial charge in [-0.05, 0) is 26.3 Å². The molecule has 0 aromatic carbocycles. The van der Waals surface area contributed by atoms with Crippen molar-refractivity contribution in [1.82, 2.24) is 9.80 Å². The number of nitrogens with zero attached hydrogens (tertiary/aromatic N) is 2. The maximum absolute atomic E-state index is 11.0. The van der Waals surface area contributed by atoms with Crippen molar-refractivity contribution in [3.8, 4) is 0 Å². The van der Waals surface area contributed by atoms with Crippen molar-refractivity contribution in [2.75, 3.05) is 52.5 Å². The van der Waals surface area contributed by atoms with Gasteiger partial charge in [0.15, 0.2) is 6.10 Å². The molecule has 0 bridgehead atoms. The lowest BCUT2D eigenvalue weighted by molar-refractivity contribution is -0.150. The number of hydrogen-bond donors (Lipinski definition) is 1. The molecule has 116 valence electrons. The normalized spacial score (nSPS) is 26.8. The van der Waals surface area contributed by atoms with Gasteiger partial charge in [0.05, 0.1) is 13.2 Å². The van der Waals surface area contributed by atoms with Crippen LogP contribution in [0.3, 0.4) is 0 Å². The fraction of sp³-hybridized carbons (Fsp3) is 0.929. The Hall–Kier alpha value is -0.690. The Morgan fingerprint density at radius 3 is 2.80 bits per heavy atom. The SMILES string of the molecule is CCOC(CCN1CCC(N2CCOCC2)C1)C(=O)O. The average molecular weight is 286 g/mol. The third-order valence-electron chi connectivity index (χ3n) is 4.16. The van der Waals surface area contributed by atoms with Crippen LogP contribution in [-0.2, 0) is 14.3 Å². The second-order valence-electron chi connectivity index (χ2n) is 5.46. The molecule has 0 aliphatic carbocycles. The number of hydrogen-bond acceptors (Lipinski definition) is 5. The number of carboxylic acid groups (broad SMARTS) is 1. The van der Waals surface area contributed by atoms with Crippen molar-refractivity contribution in [2.45, 2.75) is 31.9 Å². The fourth-order valence-corrected chi connectivity index (χ4v) is 3.04. The van der Waals surface area contributed by atoms with E-state index in [9.17, 15) is 4.79 Å². The van der Waals surface area contributed by atoms with Gasteiger partial charge in [-0.2, -0.15) is 0 Å². The minimum absolute atomic E-state index is 0.452. The largest absolute Gasteiger partial charge is 0.479 e. The Labute approximate surface area is 120 Å². The van der Waals surface area contributed by atoms with E-state index in [2.05, 4.69) is 9.80 Å². The van der Waals surface area contributed by atoms with Gasteiger partial charge in [-0.3, -0.25) is 4.90 Å². The predicted molar refractivity (Wildman–Crippen MR) is 74.9 cm³/mol. The van der Waals surface area contributed by atoms with E-state index >= 15 is 0 Å². The molecule has 2 atom stereocenters. The van der Waals surface area contributed by atoms with E-state index in [1.165, 1.54) is 6.42 Å². The molecular weight excluding hydrogens is 260 g/mol. The first-order valence-electron chi connectivity index (χ1n) is 7.59. The number of morpholine rings is 1. The van der Waals surface area contributed by atoms with Crippen LogP contribution in [0.2, 0.25) is 0 Å². The number of aliphatic carboxylic acids is 1. The molecule has 0 radical (unpaired) electrons. The summed E-state index contributed by atoms with van der Waals surface area (Å²) in [5.41, 5.74) is 0. The molecule has 20 heavy (non-hydrogen) atoms. The van der Waals surface area contributed by atoms with Crippen LogP contribution >= 0.6 is 0 Å². The summed E-state index contributed by atoms with van der Waals surface area (Å²) in [4.78, 5) is 15.9. The van der Waals surface area contributed by atoms with E-state index in [1.807, 2.05) is 6.92 Å². The molecule has 2 fully saturated rings. The topological polar surface area (TPSA) is 62.2 Å². The van der Waals surface area contributed by atoms with Gasteiger partial charge in [0.25, 0.3) is 0 Å². The highest BCUT2D eigenvalue weighted by atomic mass is 16.5. The van der Waals surface area contributed by atoms with Crippen LogP contribution in [0.1, 0.15) is 19.8 Å². The molecule has 0 aromatic heterocycles. The highest BCUT2D eigenvalue weighted by Gasteiger charge is 2.29. The van der Waals surface area contributed by atoms with Crippen LogP contribution in [0, 0.1) is 0 Å². The Balaban J connectivity index is 1.71. The Bertz CT molecular complexity index is 308. The Morgan fingerprint density at radius 1 is 1.40 bits per heavy atom. The van der Waals surface area contributed by atoms with Crippen molar-refractivity contribution >= 4 is 5.97 Å². The molecular formula is C14H26N2O4. The molecule has 0 amide bonds. The van der Waals surface area contributed by atoms with Crippen LogP contribution in [0.5, 0.6) is 0 Å². The lowest BCUT2D eigenvalue weighted by Crippen LogP contribution is -2.44. The molecule has 0 spiro atoms. The van der Waals surface area contributed by atoms with Crippen molar-refractivity contribution in [3.63, 3.8) is 0 Å². The van der Waals surface area contributed by atoms with E-state index in [1.54, 1.807) is 0 Å². The molecule has 2 saturated heterocycles. The summed E-state index contributed by atoms with van der Waals surface area (Å²) in [5.74, 6) is -0.851. The molecule has 1 N–H and O–H groups in total. The van der Waals surface area contributed by atoms with E-state index in [0.29, 0.717) is 19.1 Å². The minimum Gasteiger partial charge on any atom is -0.479 e. The van der Waals surface area contributed by atoms with Gasteiger partial charge < -0.3 is 19.5 Å². The van der Waals surface area contributed by atoms with Gasteiger partial charge in [-0.1, -0.05) is 0 Å². The monoisotopic (exact) mass is 286 g/mol. The van der Waals surface area contributed by atoms with Crippen molar-refractivity contribution in [2.24, 2.45) is 0 Å². The zero-order valence-electron chi connectivity index (χ0n) is 12.3. The quantitative estimate of drug-likeness (QED) is 0.725. The lowest BCUT2D eigenvalue weighted by Gasteiger charge is -2.32.